The van der Waals surface area contributed by atoms with Gasteiger partial charge in [0.1, 0.15) is 5.75 Å². The molecule has 2 aromatic carbocycles. The first-order chi connectivity index (χ1) is 15.1. The van der Waals surface area contributed by atoms with Crippen molar-refractivity contribution >= 4 is 34.3 Å². The van der Waals surface area contributed by atoms with E-state index in [-0.39, 0.29) is 18.4 Å². The van der Waals surface area contributed by atoms with Gasteiger partial charge >= 0.3 is 0 Å². The van der Waals surface area contributed by atoms with Crippen molar-refractivity contribution in [2.75, 3.05) is 32.8 Å². The Labute approximate surface area is 186 Å². The normalized spacial score (nSPS) is 14.1. The molecule has 1 N–H and O–H groups in total. The predicted octanol–water partition coefficient (Wildman–Crippen LogP) is 3.89. The molecule has 0 aliphatic carbocycles. The molecule has 1 aromatic heterocycles. The van der Waals surface area contributed by atoms with Gasteiger partial charge in [0.25, 0.3) is 5.91 Å². The Bertz CT molecular complexity index is 1040. The molecule has 7 heteroatoms. The molecule has 0 radical (unpaired) electrons. The number of ether oxygens (including phenoxy) is 1. The number of hydrogen-bond donors (Lipinski definition) is 1. The summed E-state index contributed by atoms with van der Waals surface area (Å²) in [6.07, 6.45) is 4.24. The summed E-state index contributed by atoms with van der Waals surface area (Å²) >= 11 is 5.85. The Morgan fingerprint density at radius 3 is 2.35 bits per heavy atom. The van der Waals surface area contributed by atoms with Crippen molar-refractivity contribution in [3.05, 3.63) is 65.3 Å². The third-order valence-electron chi connectivity index (χ3n) is 5.67. The van der Waals surface area contributed by atoms with Crippen LogP contribution in [0.25, 0.3) is 10.9 Å². The smallest absolute Gasteiger partial charge is 0.260 e. The maximum absolute atomic E-state index is 12.6. The van der Waals surface area contributed by atoms with Crippen LogP contribution in [0.3, 0.4) is 0 Å². The van der Waals surface area contributed by atoms with Gasteiger partial charge in [0.2, 0.25) is 5.91 Å². The molecule has 31 heavy (non-hydrogen) atoms. The summed E-state index contributed by atoms with van der Waals surface area (Å²) in [5.74, 6) is 0.701. The number of rotatable bonds is 7. The molecule has 2 heterocycles. The van der Waals surface area contributed by atoms with Crippen LogP contribution in [-0.2, 0) is 16.0 Å². The van der Waals surface area contributed by atoms with Crippen molar-refractivity contribution in [1.29, 1.82) is 0 Å². The quantitative estimate of drug-likeness (QED) is 0.607. The predicted molar refractivity (Wildman–Crippen MR) is 121 cm³/mol. The van der Waals surface area contributed by atoms with Crippen LogP contribution in [0.1, 0.15) is 18.4 Å². The molecule has 1 aliphatic heterocycles. The monoisotopic (exact) mass is 439 g/mol. The number of para-hydroxylation sites is 1. The van der Waals surface area contributed by atoms with Crippen LogP contribution in [-0.4, -0.2) is 59.4 Å². The lowest BCUT2D eigenvalue weighted by Gasteiger charge is -2.34. The third-order valence-corrected chi connectivity index (χ3v) is 5.92. The highest BCUT2D eigenvalue weighted by molar-refractivity contribution is 6.30. The fourth-order valence-electron chi connectivity index (χ4n) is 3.90. The number of fused-ring (bicyclic) bond motifs is 1. The molecule has 4 rings (SSSR count). The molecular weight excluding hydrogens is 414 g/mol. The van der Waals surface area contributed by atoms with E-state index in [0.29, 0.717) is 43.4 Å². The molecule has 0 spiro atoms. The fourth-order valence-corrected chi connectivity index (χ4v) is 4.03. The Kier molecular flexibility index (Phi) is 6.77. The molecule has 1 saturated heterocycles. The van der Waals surface area contributed by atoms with Crippen LogP contribution in [0, 0.1) is 0 Å². The number of nitrogens with zero attached hydrogens (tertiary/aromatic N) is 2. The van der Waals surface area contributed by atoms with E-state index in [1.807, 2.05) is 23.2 Å². The molecule has 1 fully saturated rings. The molecule has 2 amide bonds. The lowest BCUT2D eigenvalue weighted by molar-refractivity contribution is -0.140. The van der Waals surface area contributed by atoms with Crippen LogP contribution in [0.2, 0.25) is 5.02 Å². The third kappa shape index (κ3) is 5.39. The van der Waals surface area contributed by atoms with Gasteiger partial charge in [-0.25, -0.2) is 0 Å². The van der Waals surface area contributed by atoms with Crippen molar-refractivity contribution in [3.8, 4) is 5.75 Å². The van der Waals surface area contributed by atoms with E-state index >= 15 is 0 Å². The van der Waals surface area contributed by atoms with Crippen LogP contribution >= 0.6 is 11.6 Å². The van der Waals surface area contributed by atoms with Gasteiger partial charge in [0.05, 0.1) is 0 Å². The average Bonchev–Trinajstić information content (AvgIpc) is 3.21. The SMILES string of the molecule is O=C(CCCc1c[nH]c2ccccc12)N1CCN(C(=O)COc2ccc(Cl)cc2)CC1. The minimum atomic E-state index is -0.0682. The number of amides is 2. The minimum absolute atomic E-state index is 0.0137. The number of aryl methyl sites for hydroxylation is 1. The van der Waals surface area contributed by atoms with Gasteiger partial charge in [-0.2, -0.15) is 0 Å². The summed E-state index contributed by atoms with van der Waals surface area (Å²) < 4.78 is 5.54. The number of hydrogen-bond acceptors (Lipinski definition) is 3. The number of H-pyrrole nitrogens is 1. The standard InChI is InChI=1S/C24H26ClN3O3/c25-19-8-10-20(11-9-19)31-17-24(30)28-14-12-27(13-15-28)23(29)7-3-4-18-16-26-22-6-2-1-5-21(18)22/h1-2,5-6,8-11,16,26H,3-4,7,12-15,17H2. The molecule has 0 bridgehead atoms. The maximum Gasteiger partial charge on any atom is 0.260 e. The van der Waals surface area contributed by atoms with E-state index in [1.54, 1.807) is 29.2 Å². The van der Waals surface area contributed by atoms with Gasteiger partial charge in [-0.1, -0.05) is 29.8 Å². The second kappa shape index (κ2) is 9.88. The van der Waals surface area contributed by atoms with E-state index in [2.05, 4.69) is 17.1 Å². The highest BCUT2D eigenvalue weighted by Crippen LogP contribution is 2.20. The van der Waals surface area contributed by atoms with Crippen molar-refractivity contribution in [3.63, 3.8) is 0 Å². The van der Waals surface area contributed by atoms with Gasteiger partial charge in [0, 0.05) is 54.7 Å². The van der Waals surface area contributed by atoms with Crippen molar-refractivity contribution in [2.24, 2.45) is 0 Å². The van der Waals surface area contributed by atoms with Gasteiger partial charge in [0.15, 0.2) is 6.61 Å². The van der Waals surface area contributed by atoms with Gasteiger partial charge < -0.3 is 19.5 Å². The Balaban J connectivity index is 1.18. The first-order valence-corrected chi connectivity index (χ1v) is 11.0. The van der Waals surface area contributed by atoms with E-state index in [4.69, 9.17) is 16.3 Å². The summed E-state index contributed by atoms with van der Waals surface area (Å²) in [5, 5.41) is 1.85. The Morgan fingerprint density at radius 2 is 1.61 bits per heavy atom. The second-order valence-corrected chi connectivity index (χ2v) is 8.15. The number of halogens is 1. The van der Waals surface area contributed by atoms with E-state index < -0.39 is 0 Å². The van der Waals surface area contributed by atoms with Gasteiger partial charge in [-0.15, -0.1) is 0 Å². The highest BCUT2D eigenvalue weighted by atomic mass is 35.5. The number of nitrogens with one attached hydrogen (secondary N) is 1. The fraction of sp³-hybridized carbons (Fsp3) is 0.333. The second-order valence-electron chi connectivity index (χ2n) is 7.72. The minimum Gasteiger partial charge on any atom is -0.484 e. The van der Waals surface area contributed by atoms with Crippen molar-refractivity contribution < 1.29 is 14.3 Å². The van der Waals surface area contributed by atoms with Crippen molar-refractivity contribution in [2.45, 2.75) is 19.3 Å². The lowest BCUT2D eigenvalue weighted by atomic mass is 10.1. The summed E-state index contributed by atoms with van der Waals surface area (Å²) in [6.45, 7) is 2.20. The molecule has 162 valence electrons. The van der Waals surface area contributed by atoms with Crippen molar-refractivity contribution in [1.82, 2.24) is 14.8 Å². The first kappa shape index (κ1) is 21.2. The topological polar surface area (TPSA) is 65.6 Å². The van der Waals surface area contributed by atoms with Gasteiger partial charge in [-0.05, 0) is 48.7 Å². The summed E-state index contributed by atoms with van der Waals surface area (Å²) in [7, 11) is 0. The van der Waals surface area contributed by atoms with Crippen LogP contribution < -0.4 is 4.74 Å². The van der Waals surface area contributed by atoms with Gasteiger partial charge in [-0.3, -0.25) is 9.59 Å². The maximum atomic E-state index is 12.6. The molecule has 0 unspecified atom stereocenters. The molecule has 6 nitrogen and oxygen atoms in total. The zero-order valence-electron chi connectivity index (χ0n) is 17.4. The average molecular weight is 440 g/mol. The Morgan fingerprint density at radius 1 is 0.935 bits per heavy atom. The number of carbonyl (C=O) groups excluding carboxylic acids is 2. The molecule has 3 aromatic rings. The van der Waals surface area contributed by atoms with E-state index in [1.165, 1.54) is 10.9 Å². The number of piperazine rings is 1. The van der Waals surface area contributed by atoms with E-state index in [9.17, 15) is 9.59 Å². The molecule has 0 atom stereocenters. The highest BCUT2D eigenvalue weighted by Gasteiger charge is 2.24. The Hall–Kier alpha value is -2.99. The molecule has 0 saturated carbocycles. The number of carbonyl (C=O) groups is 2. The number of benzene rings is 2. The summed E-state index contributed by atoms with van der Waals surface area (Å²) in [5.41, 5.74) is 2.38. The number of aromatic amines is 1. The van der Waals surface area contributed by atoms with Crippen LogP contribution in [0.15, 0.2) is 54.7 Å². The first-order valence-electron chi connectivity index (χ1n) is 10.6. The van der Waals surface area contributed by atoms with Crippen LogP contribution in [0.5, 0.6) is 5.75 Å². The zero-order valence-corrected chi connectivity index (χ0v) is 18.1. The summed E-state index contributed by atoms with van der Waals surface area (Å²) in [6, 6.07) is 15.1. The molecular formula is C24H26ClN3O3. The van der Waals surface area contributed by atoms with Crippen LogP contribution in [0.4, 0.5) is 0 Å². The van der Waals surface area contributed by atoms with E-state index in [0.717, 1.165) is 18.4 Å². The summed E-state index contributed by atoms with van der Waals surface area (Å²) in [4.78, 5) is 31.9. The lowest BCUT2D eigenvalue weighted by Crippen LogP contribution is -2.51. The molecule has 1 aliphatic rings. The largest absolute Gasteiger partial charge is 0.484 e. The zero-order chi connectivity index (χ0) is 21.6. The number of aromatic nitrogens is 1.